The summed E-state index contributed by atoms with van der Waals surface area (Å²) in [6.07, 6.45) is -2.60. The Morgan fingerprint density at radius 3 is 2.33 bits per heavy atom. The molecule has 5 nitrogen and oxygen atoms in total. The van der Waals surface area contributed by atoms with Gasteiger partial charge in [-0.3, -0.25) is 9.36 Å². The lowest BCUT2D eigenvalue weighted by atomic mass is 10.2. The molecule has 9 heteroatoms. The molecule has 1 amide bonds. The highest BCUT2D eigenvalue weighted by Gasteiger charge is 2.38. The van der Waals surface area contributed by atoms with Gasteiger partial charge in [-0.25, -0.2) is 0 Å². The topological polar surface area (TPSA) is 75.6 Å². The van der Waals surface area contributed by atoms with Gasteiger partial charge in [-0.1, -0.05) is 12.8 Å². The van der Waals surface area contributed by atoms with Gasteiger partial charge in [0.2, 0.25) is 0 Å². The average Bonchev–Trinajstić information content (AvgIpc) is 2.18. The molecule has 0 saturated heterocycles. The van der Waals surface area contributed by atoms with Crippen LogP contribution < -0.4 is 5.32 Å². The zero-order chi connectivity index (χ0) is 14.2. The first-order chi connectivity index (χ1) is 8.13. The predicted molar refractivity (Wildman–Crippen MR) is 59.2 cm³/mol. The molecule has 0 spiro atoms. The molecule has 0 aromatic heterocycles. The Hall–Kier alpha value is -0.590. The van der Waals surface area contributed by atoms with Gasteiger partial charge in [0, 0.05) is 13.2 Å². The Balaban J connectivity index is 3.37. The number of nitrogens with one attached hydrogen (secondary N) is 1. The normalized spacial score (nSPS) is 15.2. The fourth-order valence-corrected chi connectivity index (χ4v) is 1.58. The van der Waals surface area contributed by atoms with E-state index in [1.165, 1.54) is 0 Å². The van der Waals surface area contributed by atoms with Gasteiger partial charge in [0.15, 0.2) is 0 Å². The second-order valence-electron chi connectivity index (χ2n) is 3.80. The van der Waals surface area contributed by atoms with E-state index in [0.29, 0.717) is 25.7 Å². The number of carbonyl (C=O) groups excluding carboxylic acids is 1. The summed E-state index contributed by atoms with van der Waals surface area (Å²) >= 11 is 0. The minimum atomic E-state index is -4.84. The van der Waals surface area contributed by atoms with E-state index in [2.05, 4.69) is 4.52 Å². The van der Waals surface area contributed by atoms with Crippen LogP contribution in [0.1, 0.15) is 25.7 Å². The largest absolute Gasteiger partial charge is 0.471 e. The standard InChI is InChI=1S/C9H17F3NO4P/c1-18(15,16)17-7-5-3-2-4-6-13-8(14)9(10,11)12/h2-7H2,1H3,(H,13,14)(H,15,16). The Morgan fingerprint density at radius 1 is 1.28 bits per heavy atom. The molecule has 0 aliphatic heterocycles. The van der Waals surface area contributed by atoms with E-state index in [1.807, 2.05) is 0 Å². The predicted octanol–water partition coefficient (Wildman–Crippen LogP) is 2.06. The third-order valence-electron chi connectivity index (χ3n) is 1.94. The fourth-order valence-electron chi connectivity index (χ4n) is 1.12. The molecule has 18 heavy (non-hydrogen) atoms. The van der Waals surface area contributed by atoms with Crippen molar-refractivity contribution in [3.8, 4) is 0 Å². The van der Waals surface area contributed by atoms with Gasteiger partial charge in [-0.15, -0.1) is 0 Å². The van der Waals surface area contributed by atoms with Crippen LogP contribution in [0.15, 0.2) is 0 Å². The van der Waals surface area contributed by atoms with Gasteiger partial charge in [0.25, 0.3) is 0 Å². The molecule has 1 atom stereocenters. The van der Waals surface area contributed by atoms with Crippen molar-refractivity contribution in [1.82, 2.24) is 5.32 Å². The summed E-state index contributed by atoms with van der Waals surface area (Å²) in [5.41, 5.74) is 0. The first kappa shape index (κ1) is 17.4. The fraction of sp³-hybridized carbons (Fsp3) is 0.889. The highest BCUT2D eigenvalue weighted by atomic mass is 31.2. The van der Waals surface area contributed by atoms with Crippen LogP contribution in [0, 0.1) is 0 Å². The molecule has 2 N–H and O–H groups in total. The quantitative estimate of drug-likeness (QED) is 0.530. The zero-order valence-electron chi connectivity index (χ0n) is 10.00. The molecule has 0 aromatic carbocycles. The van der Waals surface area contributed by atoms with Crippen LogP contribution in [0.3, 0.4) is 0 Å². The third-order valence-corrected chi connectivity index (χ3v) is 2.61. The molecule has 0 fully saturated rings. The molecule has 0 heterocycles. The van der Waals surface area contributed by atoms with Crippen molar-refractivity contribution in [3.05, 3.63) is 0 Å². The van der Waals surface area contributed by atoms with Gasteiger partial charge in [-0.2, -0.15) is 13.2 Å². The summed E-state index contributed by atoms with van der Waals surface area (Å²) in [6, 6.07) is 0. The van der Waals surface area contributed by atoms with Crippen LogP contribution in [-0.4, -0.2) is 36.8 Å². The summed E-state index contributed by atoms with van der Waals surface area (Å²) in [4.78, 5) is 19.2. The number of unbranched alkanes of at least 4 members (excludes halogenated alkanes) is 3. The van der Waals surface area contributed by atoms with Crippen LogP contribution in [-0.2, 0) is 13.9 Å². The first-order valence-electron chi connectivity index (χ1n) is 5.43. The molecule has 0 aromatic rings. The zero-order valence-corrected chi connectivity index (χ0v) is 10.9. The Labute approximate surface area is 103 Å². The van der Waals surface area contributed by atoms with E-state index in [0.717, 1.165) is 6.66 Å². The Bertz CT molecular complexity index is 303. The molecule has 108 valence electrons. The summed E-state index contributed by atoms with van der Waals surface area (Å²) in [6.45, 7) is 1.18. The summed E-state index contributed by atoms with van der Waals surface area (Å²) in [5.74, 6) is -1.93. The summed E-state index contributed by atoms with van der Waals surface area (Å²) in [5, 5.41) is 1.76. The van der Waals surface area contributed by atoms with E-state index < -0.39 is 19.7 Å². The van der Waals surface area contributed by atoms with Crippen LogP contribution in [0.4, 0.5) is 13.2 Å². The maximum Gasteiger partial charge on any atom is 0.471 e. The lowest BCUT2D eigenvalue weighted by Gasteiger charge is -2.08. The molecule has 0 saturated carbocycles. The first-order valence-corrected chi connectivity index (χ1v) is 7.45. The number of hydrogen-bond acceptors (Lipinski definition) is 3. The van der Waals surface area contributed by atoms with E-state index in [4.69, 9.17) is 4.89 Å². The van der Waals surface area contributed by atoms with Gasteiger partial charge in [0.05, 0.1) is 6.61 Å². The van der Waals surface area contributed by atoms with Crippen LogP contribution in [0.25, 0.3) is 0 Å². The summed E-state index contributed by atoms with van der Waals surface area (Å²) in [7, 11) is -3.44. The van der Waals surface area contributed by atoms with Gasteiger partial charge in [-0.05, 0) is 12.8 Å². The highest BCUT2D eigenvalue weighted by Crippen LogP contribution is 2.36. The lowest BCUT2D eigenvalue weighted by molar-refractivity contribution is -0.173. The third kappa shape index (κ3) is 10.6. The van der Waals surface area contributed by atoms with E-state index in [-0.39, 0.29) is 13.2 Å². The molecule has 0 bridgehead atoms. The molecule has 1 unspecified atom stereocenters. The number of alkyl halides is 3. The molecular formula is C9H17F3NO4P. The number of hydrogen-bond donors (Lipinski definition) is 2. The van der Waals surface area contributed by atoms with Crippen molar-refractivity contribution < 1.29 is 31.9 Å². The molecule has 0 radical (unpaired) electrons. The SMILES string of the molecule is CP(=O)(O)OCCCCCCNC(=O)C(F)(F)F. The lowest BCUT2D eigenvalue weighted by Crippen LogP contribution is -2.37. The van der Waals surface area contributed by atoms with E-state index in [9.17, 15) is 22.5 Å². The Kier molecular flexibility index (Phi) is 7.51. The molecule has 0 aliphatic rings. The van der Waals surface area contributed by atoms with Crippen molar-refractivity contribution >= 4 is 13.5 Å². The van der Waals surface area contributed by atoms with Crippen molar-refractivity contribution in [2.75, 3.05) is 19.8 Å². The van der Waals surface area contributed by atoms with Crippen molar-refractivity contribution in [1.29, 1.82) is 0 Å². The maximum atomic E-state index is 11.8. The summed E-state index contributed by atoms with van der Waals surface area (Å²) < 4.78 is 50.6. The monoisotopic (exact) mass is 291 g/mol. The van der Waals surface area contributed by atoms with Gasteiger partial charge >= 0.3 is 19.7 Å². The smallest absolute Gasteiger partial charge is 0.348 e. The van der Waals surface area contributed by atoms with E-state index >= 15 is 0 Å². The number of halogens is 3. The molecule has 0 rings (SSSR count). The minimum Gasteiger partial charge on any atom is -0.348 e. The average molecular weight is 291 g/mol. The highest BCUT2D eigenvalue weighted by molar-refractivity contribution is 7.51. The second kappa shape index (κ2) is 7.76. The Morgan fingerprint density at radius 2 is 1.83 bits per heavy atom. The van der Waals surface area contributed by atoms with Crippen molar-refractivity contribution in [3.63, 3.8) is 0 Å². The number of carbonyl (C=O) groups is 1. The van der Waals surface area contributed by atoms with Crippen LogP contribution in [0.2, 0.25) is 0 Å². The second-order valence-corrected chi connectivity index (χ2v) is 5.67. The number of rotatable bonds is 8. The number of amides is 1. The van der Waals surface area contributed by atoms with Gasteiger partial charge < -0.3 is 14.7 Å². The maximum absolute atomic E-state index is 11.8. The minimum absolute atomic E-state index is 0.0362. The van der Waals surface area contributed by atoms with Crippen LogP contribution >= 0.6 is 7.60 Å². The van der Waals surface area contributed by atoms with Crippen molar-refractivity contribution in [2.24, 2.45) is 0 Å². The molecular weight excluding hydrogens is 274 g/mol. The van der Waals surface area contributed by atoms with Crippen molar-refractivity contribution in [2.45, 2.75) is 31.9 Å². The molecule has 0 aliphatic carbocycles. The van der Waals surface area contributed by atoms with Gasteiger partial charge in [0.1, 0.15) is 0 Å². The van der Waals surface area contributed by atoms with Crippen LogP contribution in [0.5, 0.6) is 0 Å². The van der Waals surface area contributed by atoms with E-state index in [1.54, 1.807) is 5.32 Å².